The Kier molecular flexibility index (Phi) is 6.05. The summed E-state index contributed by atoms with van der Waals surface area (Å²) >= 11 is 3.24. The lowest BCUT2D eigenvalue weighted by Gasteiger charge is -2.14. The van der Waals surface area contributed by atoms with Crippen LogP contribution in [0.2, 0.25) is 0 Å². The predicted molar refractivity (Wildman–Crippen MR) is 93.9 cm³/mol. The molecule has 0 saturated carbocycles. The maximum absolute atomic E-state index is 12.8. The molecular weight excluding hydrogens is 401 g/mol. The van der Waals surface area contributed by atoms with E-state index in [4.69, 9.17) is 9.57 Å². The van der Waals surface area contributed by atoms with Crippen LogP contribution in [0.1, 0.15) is 25.8 Å². The van der Waals surface area contributed by atoms with E-state index in [1.54, 1.807) is 19.9 Å². The minimum atomic E-state index is -4.44. The van der Waals surface area contributed by atoms with Crippen molar-refractivity contribution in [2.45, 2.75) is 32.5 Å². The van der Waals surface area contributed by atoms with Crippen LogP contribution in [-0.2, 0) is 11.0 Å². The van der Waals surface area contributed by atoms with Crippen LogP contribution in [0.15, 0.2) is 57.5 Å². The molecule has 0 spiro atoms. The van der Waals surface area contributed by atoms with E-state index in [-0.39, 0.29) is 5.75 Å². The van der Waals surface area contributed by atoms with Gasteiger partial charge in [0.15, 0.2) is 6.10 Å². The zero-order chi connectivity index (χ0) is 18.6. The smallest absolute Gasteiger partial charge is 0.416 e. The fourth-order valence-electron chi connectivity index (χ4n) is 2.02. The van der Waals surface area contributed by atoms with Gasteiger partial charge in [0.1, 0.15) is 16.1 Å². The van der Waals surface area contributed by atoms with E-state index in [1.165, 1.54) is 12.1 Å². The number of oxime groups is 1. The summed E-state index contributed by atoms with van der Waals surface area (Å²) in [4.78, 5) is 9.15. The molecule has 1 aliphatic rings. The molecule has 134 valence electrons. The molecule has 8 heteroatoms. The lowest BCUT2D eigenvalue weighted by molar-refractivity contribution is -0.137. The molecule has 0 aromatic heterocycles. The second kappa shape index (κ2) is 7.86. The molecule has 0 radical (unpaired) electrons. The highest BCUT2D eigenvalue weighted by atomic mass is 79.9. The molecule has 1 atom stereocenters. The Balaban J connectivity index is 2.27. The van der Waals surface area contributed by atoms with Gasteiger partial charge in [-0.3, -0.25) is 4.99 Å². The average Bonchev–Trinajstić information content (AvgIpc) is 2.97. The molecule has 1 aliphatic heterocycles. The lowest BCUT2D eigenvalue weighted by Crippen LogP contribution is -2.10. The van der Waals surface area contributed by atoms with E-state index in [2.05, 4.69) is 32.8 Å². The average molecular weight is 417 g/mol. The molecular formula is C17H16BrF3N2O2. The van der Waals surface area contributed by atoms with Crippen molar-refractivity contribution < 1.29 is 22.7 Å². The summed E-state index contributed by atoms with van der Waals surface area (Å²) in [6.45, 7) is 7.06. The molecule has 0 bridgehead atoms. The monoisotopic (exact) mass is 416 g/mol. The molecule has 25 heavy (non-hydrogen) atoms. The van der Waals surface area contributed by atoms with Crippen molar-refractivity contribution in [1.82, 2.24) is 0 Å². The number of aliphatic imine (C=N–C) groups is 1. The number of benzene rings is 1. The molecule has 2 rings (SSSR count). The number of allylic oxidation sites excluding steroid dienone is 2. The van der Waals surface area contributed by atoms with Crippen LogP contribution >= 0.6 is 15.9 Å². The molecule has 1 heterocycles. The Bertz CT molecular complexity index is 751. The van der Waals surface area contributed by atoms with Crippen molar-refractivity contribution in [2.24, 2.45) is 10.1 Å². The van der Waals surface area contributed by atoms with E-state index >= 15 is 0 Å². The molecule has 0 fully saturated rings. The molecule has 1 aromatic carbocycles. The topological polar surface area (TPSA) is 43.2 Å². The van der Waals surface area contributed by atoms with E-state index in [0.717, 1.165) is 17.7 Å². The summed E-state index contributed by atoms with van der Waals surface area (Å²) in [6, 6.07) is 4.69. The fraction of sp³-hybridized carbons (Fsp3) is 0.294. The first-order valence-electron chi connectivity index (χ1n) is 7.30. The number of hydrogen-bond donors (Lipinski definition) is 0. The summed E-state index contributed by atoms with van der Waals surface area (Å²) in [5.41, 5.74) is 0.457. The van der Waals surface area contributed by atoms with Gasteiger partial charge in [-0.05, 0) is 60.3 Å². The van der Waals surface area contributed by atoms with Crippen LogP contribution in [0.3, 0.4) is 0 Å². The van der Waals surface area contributed by atoms with Crippen LogP contribution < -0.4 is 4.74 Å². The van der Waals surface area contributed by atoms with Gasteiger partial charge in [0, 0.05) is 12.5 Å². The first kappa shape index (κ1) is 19.2. The van der Waals surface area contributed by atoms with Crippen LogP contribution in [0, 0.1) is 0 Å². The van der Waals surface area contributed by atoms with Crippen LogP contribution in [0.4, 0.5) is 13.2 Å². The zero-order valence-corrected chi connectivity index (χ0v) is 15.2. The van der Waals surface area contributed by atoms with Crippen LogP contribution in [-0.4, -0.2) is 17.4 Å². The Labute approximate surface area is 151 Å². The minimum absolute atomic E-state index is 0.0791. The van der Waals surface area contributed by atoms with E-state index in [1.807, 2.05) is 0 Å². The van der Waals surface area contributed by atoms with Gasteiger partial charge >= 0.3 is 6.18 Å². The zero-order valence-electron chi connectivity index (χ0n) is 13.6. The first-order valence-corrected chi connectivity index (χ1v) is 8.09. The summed E-state index contributed by atoms with van der Waals surface area (Å²) in [6.07, 6.45) is -2.78. The quantitative estimate of drug-likeness (QED) is 0.363. The SMILES string of the molecule is C=N/C(=C\C(Oc1cccc(C(F)(F)F)c1)=C(C)C)[C@H]1CC(Br)=NO1. The lowest BCUT2D eigenvalue weighted by atomic mass is 10.1. The van der Waals surface area contributed by atoms with E-state index in [9.17, 15) is 13.2 Å². The Morgan fingerprint density at radius 2 is 2.16 bits per heavy atom. The van der Waals surface area contributed by atoms with Crippen molar-refractivity contribution in [3.63, 3.8) is 0 Å². The highest BCUT2D eigenvalue weighted by Gasteiger charge is 2.30. The number of ether oxygens (including phenoxy) is 1. The second-order valence-electron chi connectivity index (χ2n) is 5.48. The number of rotatable bonds is 5. The summed E-state index contributed by atoms with van der Waals surface area (Å²) in [5, 5.41) is 3.78. The van der Waals surface area contributed by atoms with Crippen LogP contribution in [0.5, 0.6) is 5.75 Å². The predicted octanol–water partition coefficient (Wildman–Crippen LogP) is 5.46. The van der Waals surface area contributed by atoms with Crippen molar-refractivity contribution >= 4 is 27.3 Å². The minimum Gasteiger partial charge on any atom is -0.457 e. The third-order valence-corrected chi connectivity index (χ3v) is 3.77. The van der Waals surface area contributed by atoms with Gasteiger partial charge in [-0.15, -0.1) is 0 Å². The van der Waals surface area contributed by atoms with Crippen molar-refractivity contribution in [3.05, 3.63) is 52.9 Å². The van der Waals surface area contributed by atoms with Crippen LogP contribution in [0.25, 0.3) is 0 Å². The highest BCUT2D eigenvalue weighted by molar-refractivity contribution is 9.18. The Morgan fingerprint density at radius 1 is 1.44 bits per heavy atom. The van der Waals surface area contributed by atoms with E-state index in [0.29, 0.717) is 22.5 Å². The Hall–Kier alpha value is -2.09. The van der Waals surface area contributed by atoms with Gasteiger partial charge < -0.3 is 9.57 Å². The molecule has 0 unspecified atom stereocenters. The molecule has 0 saturated heterocycles. The third-order valence-electron chi connectivity index (χ3n) is 3.31. The standard InChI is InChI=1S/C17H16BrF3N2O2/c1-10(2)14(8-13(22-3)15-9-16(18)23-25-15)24-12-6-4-5-11(7-12)17(19,20)21/h4-8,15H,3,9H2,1-2H3/b13-8-/t15-/m1/s1. The van der Waals surface area contributed by atoms with Gasteiger partial charge in [0.2, 0.25) is 0 Å². The maximum Gasteiger partial charge on any atom is 0.416 e. The number of halogens is 4. The van der Waals surface area contributed by atoms with Gasteiger partial charge in [0.25, 0.3) is 0 Å². The van der Waals surface area contributed by atoms with Gasteiger partial charge in [-0.25, -0.2) is 0 Å². The second-order valence-corrected chi connectivity index (χ2v) is 6.40. The number of hydrogen-bond acceptors (Lipinski definition) is 4. The molecule has 1 aromatic rings. The first-order chi connectivity index (χ1) is 11.7. The van der Waals surface area contributed by atoms with E-state index < -0.39 is 17.8 Å². The van der Waals surface area contributed by atoms with Crippen molar-refractivity contribution in [2.75, 3.05) is 0 Å². The number of nitrogens with zero attached hydrogens (tertiary/aromatic N) is 2. The summed E-state index contributed by atoms with van der Waals surface area (Å²) in [7, 11) is 0. The number of alkyl halides is 3. The van der Waals surface area contributed by atoms with Gasteiger partial charge in [-0.2, -0.15) is 13.2 Å². The molecule has 0 aliphatic carbocycles. The maximum atomic E-state index is 12.8. The van der Waals surface area contributed by atoms with Crippen molar-refractivity contribution in [1.29, 1.82) is 0 Å². The fourth-order valence-corrected chi connectivity index (χ4v) is 2.40. The molecule has 4 nitrogen and oxygen atoms in total. The van der Waals surface area contributed by atoms with Gasteiger partial charge in [-0.1, -0.05) is 11.2 Å². The normalized spacial score (nSPS) is 17.6. The van der Waals surface area contributed by atoms with Gasteiger partial charge in [0.05, 0.1) is 11.3 Å². The van der Waals surface area contributed by atoms with Crippen molar-refractivity contribution in [3.8, 4) is 5.75 Å². The molecule has 0 N–H and O–H groups in total. The summed E-state index contributed by atoms with van der Waals surface area (Å²) < 4.78 is 44.8. The molecule has 0 amide bonds. The summed E-state index contributed by atoms with van der Waals surface area (Å²) in [5.74, 6) is 0.448. The largest absolute Gasteiger partial charge is 0.457 e. The highest BCUT2D eigenvalue weighted by Crippen LogP contribution is 2.32. The Morgan fingerprint density at radius 3 is 2.68 bits per heavy atom. The third kappa shape index (κ3) is 5.19.